The highest BCUT2D eigenvalue weighted by molar-refractivity contribution is 4.99. The number of nitrogens with zero attached hydrogens (tertiary/aromatic N) is 1. The van der Waals surface area contributed by atoms with E-state index in [9.17, 15) is 0 Å². The van der Waals surface area contributed by atoms with E-state index < -0.39 is 0 Å². The summed E-state index contributed by atoms with van der Waals surface area (Å²) in [5.41, 5.74) is 6.75. The van der Waals surface area contributed by atoms with Gasteiger partial charge in [-0.15, -0.1) is 0 Å². The van der Waals surface area contributed by atoms with Crippen LogP contribution in [0.25, 0.3) is 0 Å². The topological polar surface area (TPSA) is 29.3 Å². The molecule has 82 valence electrons. The molecule has 2 rings (SSSR count). The van der Waals surface area contributed by atoms with Gasteiger partial charge in [0.2, 0.25) is 0 Å². The molecule has 0 aromatic heterocycles. The van der Waals surface area contributed by atoms with Gasteiger partial charge in [-0.3, -0.25) is 4.90 Å². The van der Waals surface area contributed by atoms with Crippen LogP contribution in [-0.2, 0) is 0 Å². The van der Waals surface area contributed by atoms with Gasteiger partial charge in [0.05, 0.1) is 0 Å². The van der Waals surface area contributed by atoms with E-state index in [1.54, 1.807) is 0 Å². The maximum Gasteiger partial charge on any atom is 0.0153 e. The molecule has 1 aliphatic heterocycles. The second-order valence-electron chi connectivity index (χ2n) is 5.88. The highest BCUT2D eigenvalue weighted by atomic mass is 15.2. The number of hydrogen-bond acceptors (Lipinski definition) is 2. The van der Waals surface area contributed by atoms with Crippen LogP contribution in [0.3, 0.4) is 0 Å². The molecule has 0 aromatic rings. The molecule has 1 saturated heterocycles. The van der Waals surface area contributed by atoms with Crippen molar-refractivity contribution < 1.29 is 0 Å². The first-order valence-corrected chi connectivity index (χ1v) is 6.03. The normalized spacial score (nSPS) is 29.4. The molecular formula is C12H24N2. The molecule has 2 N–H and O–H groups in total. The van der Waals surface area contributed by atoms with Gasteiger partial charge in [-0.1, -0.05) is 0 Å². The van der Waals surface area contributed by atoms with Crippen LogP contribution < -0.4 is 5.73 Å². The Morgan fingerprint density at radius 1 is 1.21 bits per heavy atom. The summed E-state index contributed by atoms with van der Waals surface area (Å²) in [7, 11) is 0. The van der Waals surface area contributed by atoms with Crippen LogP contribution in [0.2, 0.25) is 0 Å². The van der Waals surface area contributed by atoms with Crippen molar-refractivity contribution in [3.63, 3.8) is 0 Å². The van der Waals surface area contributed by atoms with Crippen molar-refractivity contribution in [3.05, 3.63) is 0 Å². The van der Waals surface area contributed by atoms with Gasteiger partial charge in [0.1, 0.15) is 0 Å². The van der Waals surface area contributed by atoms with Crippen molar-refractivity contribution in [2.75, 3.05) is 19.6 Å². The molecule has 1 aliphatic carbocycles. The molecule has 0 aromatic carbocycles. The van der Waals surface area contributed by atoms with Crippen molar-refractivity contribution in [1.82, 2.24) is 4.90 Å². The Bertz CT molecular complexity index is 206. The van der Waals surface area contributed by atoms with E-state index >= 15 is 0 Å². The van der Waals surface area contributed by atoms with Gasteiger partial charge in [-0.25, -0.2) is 0 Å². The van der Waals surface area contributed by atoms with Gasteiger partial charge in [-0.2, -0.15) is 0 Å². The smallest absolute Gasteiger partial charge is 0.0153 e. The van der Waals surface area contributed by atoms with Crippen LogP contribution in [-0.4, -0.2) is 30.1 Å². The van der Waals surface area contributed by atoms with Gasteiger partial charge in [-0.05, 0) is 64.5 Å². The van der Waals surface area contributed by atoms with Crippen molar-refractivity contribution in [1.29, 1.82) is 0 Å². The lowest BCUT2D eigenvalue weighted by Gasteiger charge is -2.34. The van der Waals surface area contributed by atoms with Crippen molar-refractivity contribution in [3.8, 4) is 0 Å². The van der Waals surface area contributed by atoms with Crippen LogP contribution in [0.4, 0.5) is 0 Å². The molecule has 1 heterocycles. The zero-order valence-corrected chi connectivity index (χ0v) is 9.68. The fraction of sp³-hybridized carbons (Fsp3) is 1.00. The minimum Gasteiger partial charge on any atom is -0.330 e. The van der Waals surface area contributed by atoms with E-state index in [-0.39, 0.29) is 0 Å². The zero-order chi connectivity index (χ0) is 10.2. The van der Waals surface area contributed by atoms with E-state index in [1.165, 1.54) is 45.2 Å². The van der Waals surface area contributed by atoms with Gasteiger partial charge < -0.3 is 5.73 Å². The SMILES string of the molecule is CC1(C)CCCN1CC1(CCN)CC1. The lowest BCUT2D eigenvalue weighted by atomic mass is 9.97. The van der Waals surface area contributed by atoms with Gasteiger partial charge in [0, 0.05) is 12.1 Å². The Morgan fingerprint density at radius 2 is 1.93 bits per heavy atom. The molecule has 2 nitrogen and oxygen atoms in total. The number of likely N-dealkylation sites (tertiary alicyclic amines) is 1. The quantitative estimate of drug-likeness (QED) is 0.745. The Morgan fingerprint density at radius 3 is 2.36 bits per heavy atom. The highest BCUT2D eigenvalue weighted by Gasteiger charge is 2.46. The molecule has 0 spiro atoms. The molecule has 14 heavy (non-hydrogen) atoms. The predicted molar refractivity (Wildman–Crippen MR) is 60.2 cm³/mol. The first-order chi connectivity index (χ1) is 6.58. The molecule has 0 amide bonds. The lowest BCUT2D eigenvalue weighted by Crippen LogP contribution is -2.42. The fourth-order valence-electron chi connectivity index (χ4n) is 2.83. The maximum atomic E-state index is 5.68. The van der Waals surface area contributed by atoms with Crippen molar-refractivity contribution in [2.45, 2.75) is 51.5 Å². The lowest BCUT2D eigenvalue weighted by molar-refractivity contribution is 0.137. The summed E-state index contributed by atoms with van der Waals surface area (Å²) in [6.45, 7) is 8.25. The number of nitrogens with two attached hydrogens (primary N) is 1. The minimum atomic E-state index is 0.449. The van der Waals surface area contributed by atoms with E-state index in [0.29, 0.717) is 11.0 Å². The number of hydrogen-bond donors (Lipinski definition) is 1. The predicted octanol–water partition coefficient (Wildman–Crippen LogP) is 1.99. The Hall–Kier alpha value is -0.0800. The van der Waals surface area contributed by atoms with E-state index in [0.717, 1.165) is 6.54 Å². The van der Waals surface area contributed by atoms with Crippen LogP contribution in [0, 0.1) is 5.41 Å². The molecule has 0 unspecified atom stereocenters. The van der Waals surface area contributed by atoms with Crippen LogP contribution >= 0.6 is 0 Å². The van der Waals surface area contributed by atoms with Crippen LogP contribution in [0.5, 0.6) is 0 Å². The summed E-state index contributed by atoms with van der Waals surface area (Å²) in [5.74, 6) is 0. The minimum absolute atomic E-state index is 0.449. The maximum absolute atomic E-state index is 5.68. The summed E-state index contributed by atoms with van der Waals surface area (Å²) < 4.78 is 0. The first-order valence-electron chi connectivity index (χ1n) is 6.03. The highest BCUT2D eigenvalue weighted by Crippen LogP contribution is 2.50. The molecule has 2 fully saturated rings. The Balaban J connectivity index is 1.91. The standard InChI is InChI=1S/C12H24N2/c1-11(2)4-3-9-14(11)10-12(5-6-12)7-8-13/h3-10,13H2,1-2H3. The van der Waals surface area contributed by atoms with Crippen molar-refractivity contribution >= 4 is 0 Å². The average Bonchev–Trinajstić information content (AvgIpc) is 2.76. The third-order valence-electron chi connectivity index (χ3n) is 4.23. The van der Waals surface area contributed by atoms with Crippen LogP contribution in [0.1, 0.15) is 46.0 Å². The zero-order valence-electron chi connectivity index (χ0n) is 9.68. The third-order valence-corrected chi connectivity index (χ3v) is 4.23. The Labute approximate surface area is 87.8 Å². The summed E-state index contributed by atoms with van der Waals surface area (Å²) in [4.78, 5) is 2.69. The van der Waals surface area contributed by atoms with Crippen molar-refractivity contribution in [2.24, 2.45) is 11.1 Å². The van der Waals surface area contributed by atoms with Gasteiger partial charge in [0.15, 0.2) is 0 Å². The summed E-state index contributed by atoms with van der Waals surface area (Å²) in [6.07, 6.45) is 6.81. The van der Waals surface area contributed by atoms with Crippen LogP contribution in [0.15, 0.2) is 0 Å². The first kappa shape index (κ1) is 10.4. The molecule has 1 saturated carbocycles. The monoisotopic (exact) mass is 196 g/mol. The fourth-order valence-corrected chi connectivity index (χ4v) is 2.83. The molecule has 0 radical (unpaired) electrons. The van der Waals surface area contributed by atoms with E-state index in [2.05, 4.69) is 18.7 Å². The summed E-state index contributed by atoms with van der Waals surface area (Å²) >= 11 is 0. The Kier molecular flexibility index (Phi) is 2.61. The second kappa shape index (κ2) is 3.49. The molecule has 2 aliphatic rings. The second-order valence-corrected chi connectivity index (χ2v) is 5.88. The van der Waals surface area contributed by atoms with Gasteiger partial charge >= 0.3 is 0 Å². The van der Waals surface area contributed by atoms with E-state index in [4.69, 9.17) is 5.73 Å². The molecule has 0 atom stereocenters. The molecule has 2 heteroatoms. The molecule has 0 bridgehead atoms. The van der Waals surface area contributed by atoms with Gasteiger partial charge in [0.25, 0.3) is 0 Å². The third kappa shape index (κ3) is 1.96. The number of rotatable bonds is 4. The van der Waals surface area contributed by atoms with E-state index in [1.807, 2.05) is 0 Å². The average molecular weight is 196 g/mol. The summed E-state index contributed by atoms with van der Waals surface area (Å²) in [6, 6.07) is 0. The molecular weight excluding hydrogens is 172 g/mol. The largest absolute Gasteiger partial charge is 0.330 e. The summed E-state index contributed by atoms with van der Waals surface area (Å²) in [5, 5.41) is 0.